The van der Waals surface area contributed by atoms with E-state index in [-0.39, 0.29) is 24.8 Å². The molecule has 2 amide bonds. The van der Waals surface area contributed by atoms with Crippen LogP contribution in [0.1, 0.15) is 29.4 Å². The summed E-state index contributed by atoms with van der Waals surface area (Å²) in [6.07, 6.45) is 2.69. The van der Waals surface area contributed by atoms with E-state index in [0.29, 0.717) is 5.69 Å². The molecule has 0 aliphatic rings. The van der Waals surface area contributed by atoms with Crippen LogP contribution in [0.15, 0.2) is 28.9 Å². The number of rotatable bonds is 6. The van der Waals surface area contributed by atoms with E-state index in [2.05, 4.69) is 22.7 Å². The molecule has 0 saturated heterocycles. The molecular formula is C20H24N4O3. The fraction of sp³-hybridized carbons (Fsp3) is 0.350. The Morgan fingerprint density at radius 2 is 2.00 bits per heavy atom. The lowest BCUT2D eigenvalue weighted by atomic mass is 10.1. The zero-order valence-electron chi connectivity index (χ0n) is 16.0. The Morgan fingerprint density at radius 3 is 2.67 bits per heavy atom. The highest BCUT2D eigenvalue weighted by atomic mass is 16.3. The molecule has 1 aromatic carbocycles. The quantitative estimate of drug-likeness (QED) is 0.700. The zero-order chi connectivity index (χ0) is 19.6. The number of nitrogens with zero attached hydrogens (tertiary/aromatic N) is 2. The molecule has 27 heavy (non-hydrogen) atoms. The summed E-state index contributed by atoms with van der Waals surface area (Å²) >= 11 is 0. The first kappa shape index (κ1) is 18.7. The highest BCUT2D eigenvalue weighted by molar-refractivity contribution is 5.96. The van der Waals surface area contributed by atoms with Crippen LogP contribution in [-0.4, -0.2) is 28.1 Å². The number of hydrogen-bond acceptors (Lipinski definition) is 4. The van der Waals surface area contributed by atoms with E-state index in [1.54, 1.807) is 10.9 Å². The molecule has 0 radical (unpaired) electrons. The van der Waals surface area contributed by atoms with Crippen LogP contribution in [0, 0.1) is 13.8 Å². The minimum Gasteiger partial charge on any atom is -0.464 e. The van der Waals surface area contributed by atoms with Gasteiger partial charge >= 0.3 is 0 Å². The van der Waals surface area contributed by atoms with E-state index in [0.717, 1.165) is 34.3 Å². The van der Waals surface area contributed by atoms with Crippen molar-refractivity contribution in [3.05, 3.63) is 47.0 Å². The van der Waals surface area contributed by atoms with Gasteiger partial charge in [0.05, 0.1) is 36.3 Å². The Kier molecular flexibility index (Phi) is 5.30. The summed E-state index contributed by atoms with van der Waals surface area (Å²) in [4.78, 5) is 24.4. The number of carbonyl (C=O) groups is 2. The van der Waals surface area contributed by atoms with E-state index < -0.39 is 0 Å². The van der Waals surface area contributed by atoms with Gasteiger partial charge in [-0.25, -0.2) is 0 Å². The first-order chi connectivity index (χ1) is 12.9. The van der Waals surface area contributed by atoms with Gasteiger partial charge in [0, 0.05) is 18.0 Å². The summed E-state index contributed by atoms with van der Waals surface area (Å²) < 4.78 is 7.26. The molecule has 0 spiro atoms. The van der Waals surface area contributed by atoms with Crippen molar-refractivity contribution in [1.82, 2.24) is 15.1 Å². The summed E-state index contributed by atoms with van der Waals surface area (Å²) in [5, 5.41) is 10.6. The highest BCUT2D eigenvalue weighted by Gasteiger charge is 2.14. The SMILES string of the molecule is CCc1ccc2c(CC(=O)NCC(=O)Nc3c(C)nn(C)c3C)coc2c1. The number of aromatic nitrogens is 2. The molecular weight excluding hydrogens is 344 g/mol. The summed E-state index contributed by atoms with van der Waals surface area (Å²) in [7, 11) is 1.82. The molecule has 0 aliphatic heterocycles. The smallest absolute Gasteiger partial charge is 0.243 e. The van der Waals surface area contributed by atoms with Crippen LogP contribution in [0.2, 0.25) is 0 Å². The van der Waals surface area contributed by atoms with Gasteiger partial charge in [-0.3, -0.25) is 14.3 Å². The van der Waals surface area contributed by atoms with Gasteiger partial charge in [-0.2, -0.15) is 5.10 Å². The molecule has 7 nitrogen and oxygen atoms in total. The predicted octanol–water partition coefficient (Wildman–Crippen LogP) is 2.64. The minimum atomic E-state index is -0.285. The Labute approximate surface area is 157 Å². The van der Waals surface area contributed by atoms with Crippen molar-refractivity contribution >= 4 is 28.5 Å². The van der Waals surface area contributed by atoms with Crippen LogP contribution >= 0.6 is 0 Å². The molecule has 0 unspecified atom stereocenters. The normalized spacial score (nSPS) is 11.0. The number of benzene rings is 1. The Morgan fingerprint density at radius 1 is 1.22 bits per heavy atom. The second kappa shape index (κ2) is 7.65. The van der Waals surface area contributed by atoms with Gasteiger partial charge < -0.3 is 15.1 Å². The third-order valence-electron chi connectivity index (χ3n) is 4.70. The molecule has 3 rings (SSSR count). The van der Waals surface area contributed by atoms with Gasteiger partial charge in [0.1, 0.15) is 5.58 Å². The van der Waals surface area contributed by atoms with Gasteiger partial charge in [-0.15, -0.1) is 0 Å². The van der Waals surface area contributed by atoms with Gasteiger partial charge in [0.2, 0.25) is 11.8 Å². The second-order valence-corrected chi connectivity index (χ2v) is 6.62. The molecule has 0 aliphatic carbocycles. The number of carbonyl (C=O) groups excluding carboxylic acids is 2. The third kappa shape index (κ3) is 4.02. The summed E-state index contributed by atoms with van der Waals surface area (Å²) in [6, 6.07) is 5.99. The largest absolute Gasteiger partial charge is 0.464 e. The van der Waals surface area contributed by atoms with Crippen LogP contribution in [-0.2, 0) is 29.5 Å². The van der Waals surface area contributed by atoms with E-state index in [1.807, 2.05) is 39.1 Å². The zero-order valence-corrected chi connectivity index (χ0v) is 16.0. The van der Waals surface area contributed by atoms with Crippen molar-refractivity contribution in [2.24, 2.45) is 7.05 Å². The maximum atomic E-state index is 12.2. The predicted molar refractivity (Wildman–Crippen MR) is 104 cm³/mol. The number of nitrogens with one attached hydrogen (secondary N) is 2. The third-order valence-corrected chi connectivity index (χ3v) is 4.70. The van der Waals surface area contributed by atoms with Crippen molar-refractivity contribution in [3.8, 4) is 0 Å². The molecule has 0 atom stereocenters. The first-order valence-corrected chi connectivity index (χ1v) is 8.94. The molecule has 0 saturated carbocycles. The van der Waals surface area contributed by atoms with Crippen molar-refractivity contribution in [2.75, 3.05) is 11.9 Å². The Balaban J connectivity index is 1.57. The van der Waals surface area contributed by atoms with Gasteiger partial charge in [0.15, 0.2) is 0 Å². The molecule has 142 valence electrons. The lowest BCUT2D eigenvalue weighted by Crippen LogP contribution is -2.33. The number of amides is 2. The van der Waals surface area contributed by atoms with Gasteiger partial charge in [-0.05, 0) is 31.9 Å². The lowest BCUT2D eigenvalue weighted by Gasteiger charge is -2.07. The fourth-order valence-corrected chi connectivity index (χ4v) is 3.04. The van der Waals surface area contributed by atoms with Crippen LogP contribution in [0.25, 0.3) is 11.0 Å². The maximum Gasteiger partial charge on any atom is 0.243 e. The number of hydrogen-bond donors (Lipinski definition) is 2. The first-order valence-electron chi connectivity index (χ1n) is 8.94. The summed E-state index contributed by atoms with van der Waals surface area (Å²) in [5.41, 5.74) is 5.06. The van der Waals surface area contributed by atoms with Crippen LogP contribution in [0.5, 0.6) is 0 Å². The summed E-state index contributed by atoms with van der Waals surface area (Å²) in [5.74, 6) is -0.515. The number of aryl methyl sites for hydroxylation is 3. The minimum absolute atomic E-state index is 0.0949. The van der Waals surface area contributed by atoms with Crippen molar-refractivity contribution in [2.45, 2.75) is 33.6 Å². The molecule has 7 heteroatoms. The second-order valence-electron chi connectivity index (χ2n) is 6.62. The molecule has 0 bridgehead atoms. The van der Waals surface area contributed by atoms with Crippen molar-refractivity contribution < 1.29 is 14.0 Å². The number of furan rings is 1. The standard InChI is InChI=1S/C20H24N4O3/c1-5-14-6-7-16-15(11-27-17(16)8-14)9-18(25)21-10-19(26)22-20-12(2)23-24(4)13(20)3/h6-8,11H,5,9-10H2,1-4H3,(H,21,25)(H,22,26). The average molecular weight is 368 g/mol. The van der Waals surface area contributed by atoms with Gasteiger partial charge in [-0.1, -0.05) is 19.1 Å². The van der Waals surface area contributed by atoms with Crippen LogP contribution in [0.4, 0.5) is 5.69 Å². The van der Waals surface area contributed by atoms with E-state index in [4.69, 9.17) is 4.42 Å². The highest BCUT2D eigenvalue weighted by Crippen LogP contribution is 2.23. The molecule has 2 N–H and O–H groups in total. The maximum absolute atomic E-state index is 12.2. The van der Waals surface area contributed by atoms with Crippen LogP contribution < -0.4 is 10.6 Å². The lowest BCUT2D eigenvalue weighted by molar-refractivity contribution is -0.123. The molecule has 2 heterocycles. The van der Waals surface area contributed by atoms with E-state index in [9.17, 15) is 9.59 Å². The molecule has 0 fully saturated rings. The van der Waals surface area contributed by atoms with E-state index >= 15 is 0 Å². The number of fused-ring (bicyclic) bond motifs is 1. The fourth-order valence-electron chi connectivity index (χ4n) is 3.04. The average Bonchev–Trinajstić information content (AvgIpc) is 3.15. The Bertz CT molecular complexity index is 1000. The number of anilines is 1. The Hall–Kier alpha value is -3.09. The molecule has 2 aromatic heterocycles. The summed E-state index contributed by atoms with van der Waals surface area (Å²) in [6.45, 7) is 5.69. The van der Waals surface area contributed by atoms with E-state index in [1.165, 1.54) is 5.56 Å². The van der Waals surface area contributed by atoms with Gasteiger partial charge in [0.25, 0.3) is 0 Å². The van der Waals surface area contributed by atoms with Crippen LogP contribution in [0.3, 0.4) is 0 Å². The van der Waals surface area contributed by atoms with Crippen molar-refractivity contribution in [3.63, 3.8) is 0 Å². The monoisotopic (exact) mass is 368 g/mol. The molecule has 3 aromatic rings. The topological polar surface area (TPSA) is 89.2 Å². The van der Waals surface area contributed by atoms with Crippen molar-refractivity contribution in [1.29, 1.82) is 0 Å².